The van der Waals surface area contributed by atoms with E-state index in [0.717, 1.165) is 12.5 Å². The summed E-state index contributed by atoms with van der Waals surface area (Å²) in [5.41, 5.74) is 2.69. The van der Waals surface area contributed by atoms with Crippen LogP contribution in [0.1, 0.15) is 57.9 Å². The van der Waals surface area contributed by atoms with E-state index in [9.17, 15) is 0 Å². The van der Waals surface area contributed by atoms with Crippen LogP contribution in [0.4, 0.5) is 0 Å². The second-order valence-corrected chi connectivity index (χ2v) is 9.83. The van der Waals surface area contributed by atoms with Crippen LogP contribution in [-0.4, -0.2) is 5.54 Å². The van der Waals surface area contributed by atoms with Gasteiger partial charge in [0.1, 0.15) is 0 Å². The largest absolute Gasteiger partial charge is 0.307 e. The number of benzene rings is 1. The van der Waals surface area contributed by atoms with E-state index in [1.807, 2.05) is 12.1 Å². The topological polar surface area (TPSA) is 12.0 Å². The highest BCUT2D eigenvalue weighted by Crippen LogP contribution is 2.66. The molecular formula is C19H25Cl2N. The van der Waals surface area contributed by atoms with Crippen molar-refractivity contribution in [3.05, 3.63) is 33.8 Å². The SMILES string of the molecule is CC12CC3CC(C)(C1)CC(NCc1ccc(Cl)c(Cl)c1)(C3)C2. The summed E-state index contributed by atoms with van der Waals surface area (Å²) < 4.78 is 0. The summed E-state index contributed by atoms with van der Waals surface area (Å²) in [5.74, 6) is 0.924. The fraction of sp³-hybridized carbons (Fsp3) is 0.684. The number of nitrogens with one attached hydrogen (secondary N) is 1. The van der Waals surface area contributed by atoms with Crippen LogP contribution in [0.25, 0.3) is 0 Å². The molecule has 0 amide bonds. The summed E-state index contributed by atoms with van der Waals surface area (Å²) in [6.07, 6.45) is 8.35. The fourth-order valence-electron chi connectivity index (χ4n) is 6.58. The maximum atomic E-state index is 6.15. The third kappa shape index (κ3) is 2.60. The van der Waals surface area contributed by atoms with Crippen molar-refractivity contribution in [1.29, 1.82) is 0 Å². The minimum absolute atomic E-state index is 0.342. The van der Waals surface area contributed by atoms with Crippen LogP contribution in [0.15, 0.2) is 18.2 Å². The lowest BCUT2D eigenvalue weighted by Gasteiger charge is -2.65. The van der Waals surface area contributed by atoms with Crippen molar-refractivity contribution >= 4 is 23.2 Å². The average molecular weight is 338 g/mol. The summed E-state index contributed by atoms with van der Waals surface area (Å²) in [6, 6.07) is 6.00. The Morgan fingerprint density at radius 2 is 1.68 bits per heavy atom. The lowest BCUT2D eigenvalue weighted by atomic mass is 9.43. The predicted molar refractivity (Wildman–Crippen MR) is 93.4 cm³/mol. The molecule has 0 aromatic heterocycles. The van der Waals surface area contributed by atoms with Crippen molar-refractivity contribution in [1.82, 2.24) is 5.32 Å². The van der Waals surface area contributed by atoms with Crippen LogP contribution in [-0.2, 0) is 6.54 Å². The molecule has 4 fully saturated rings. The fourth-order valence-corrected chi connectivity index (χ4v) is 6.90. The summed E-state index contributed by atoms with van der Waals surface area (Å²) >= 11 is 12.2. The third-order valence-electron chi connectivity index (χ3n) is 6.28. The van der Waals surface area contributed by atoms with Crippen LogP contribution in [0.5, 0.6) is 0 Å². The van der Waals surface area contributed by atoms with Crippen molar-refractivity contribution in [3.8, 4) is 0 Å². The highest BCUT2D eigenvalue weighted by atomic mass is 35.5. The van der Waals surface area contributed by atoms with Crippen molar-refractivity contribution in [2.45, 2.75) is 64.5 Å². The molecule has 3 heteroatoms. The van der Waals surface area contributed by atoms with E-state index in [2.05, 4.69) is 25.2 Å². The molecule has 4 aliphatic carbocycles. The lowest BCUT2D eigenvalue weighted by molar-refractivity contribution is -0.118. The smallest absolute Gasteiger partial charge is 0.0595 e. The van der Waals surface area contributed by atoms with Gasteiger partial charge in [0.2, 0.25) is 0 Å². The van der Waals surface area contributed by atoms with Crippen LogP contribution < -0.4 is 5.32 Å². The van der Waals surface area contributed by atoms with E-state index in [0.29, 0.717) is 26.4 Å². The molecule has 2 unspecified atom stereocenters. The molecule has 0 saturated heterocycles. The quantitative estimate of drug-likeness (QED) is 0.731. The first kappa shape index (κ1) is 15.3. The van der Waals surface area contributed by atoms with Crippen molar-refractivity contribution in [3.63, 3.8) is 0 Å². The first-order valence-corrected chi connectivity index (χ1v) is 9.24. The monoisotopic (exact) mass is 337 g/mol. The molecule has 0 heterocycles. The molecule has 1 nitrogen and oxygen atoms in total. The molecule has 5 rings (SSSR count). The molecule has 4 bridgehead atoms. The number of hydrogen-bond donors (Lipinski definition) is 1. The second-order valence-electron chi connectivity index (χ2n) is 9.01. The van der Waals surface area contributed by atoms with Crippen molar-refractivity contribution < 1.29 is 0 Å². The highest BCUT2D eigenvalue weighted by molar-refractivity contribution is 6.42. The van der Waals surface area contributed by atoms with E-state index >= 15 is 0 Å². The van der Waals surface area contributed by atoms with Crippen LogP contribution in [0.2, 0.25) is 10.0 Å². The van der Waals surface area contributed by atoms with Gasteiger partial charge >= 0.3 is 0 Å². The summed E-state index contributed by atoms with van der Waals surface area (Å²) in [6.45, 7) is 5.94. The number of rotatable bonds is 3. The molecule has 4 aliphatic rings. The van der Waals surface area contributed by atoms with E-state index in [1.165, 1.54) is 44.1 Å². The van der Waals surface area contributed by atoms with Gasteiger partial charge in [-0.1, -0.05) is 43.1 Å². The van der Waals surface area contributed by atoms with Gasteiger partial charge in [-0.25, -0.2) is 0 Å². The highest BCUT2D eigenvalue weighted by Gasteiger charge is 2.59. The average Bonchev–Trinajstić information content (AvgIpc) is 2.36. The Morgan fingerprint density at radius 1 is 1.00 bits per heavy atom. The Bertz CT molecular complexity index is 593. The zero-order chi connectivity index (χ0) is 15.6. The third-order valence-corrected chi connectivity index (χ3v) is 7.02. The Morgan fingerprint density at radius 3 is 2.27 bits per heavy atom. The summed E-state index contributed by atoms with van der Waals surface area (Å²) in [4.78, 5) is 0. The minimum atomic E-state index is 0.342. The van der Waals surface area contributed by atoms with Gasteiger partial charge in [0.15, 0.2) is 0 Å². The van der Waals surface area contributed by atoms with Gasteiger partial charge in [0.25, 0.3) is 0 Å². The van der Waals surface area contributed by atoms with Gasteiger partial charge in [-0.3, -0.25) is 0 Å². The first-order chi connectivity index (χ1) is 10.3. The maximum absolute atomic E-state index is 6.15. The second kappa shape index (κ2) is 4.88. The number of halogens is 2. The standard InChI is InChI=1S/C19H25Cl2N/c1-17-6-14-7-18(2,10-17)12-19(8-14,11-17)22-9-13-3-4-15(20)16(21)5-13/h3-5,14,22H,6-12H2,1-2H3. The molecule has 0 spiro atoms. The molecule has 1 aromatic carbocycles. The van der Waals surface area contributed by atoms with Crippen molar-refractivity contribution in [2.75, 3.05) is 0 Å². The zero-order valence-corrected chi connectivity index (χ0v) is 15.0. The van der Waals surface area contributed by atoms with Crippen molar-refractivity contribution in [2.24, 2.45) is 16.7 Å². The summed E-state index contributed by atoms with van der Waals surface area (Å²) in [5, 5.41) is 5.24. The first-order valence-electron chi connectivity index (χ1n) is 8.48. The Kier molecular flexibility index (Phi) is 3.39. The van der Waals surface area contributed by atoms with E-state index in [-0.39, 0.29) is 0 Å². The number of hydrogen-bond acceptors (Lipinski definition) is 1. The normalized spacial score (nSPS) is 42.8. The van der Waals surface area contributed by atoms with Gasteiger partial charge < -0.3 is 5.32 Å². The van der Waals surface area contributed by atoms with Gasteiger partial charge in [0, 0.05) is 12.1 Å². The molecule has 0 radical (unpaired) electrons. The Hall–Kier alpha value is -0.240. The lowest BCUT2D eigenvalue weighted by Crippen LogP contribution is -2.63. The van der Waals surface area contributed by atoms with Gasteiger partial charge in [-0.05, 0) is 73.0 Å². The molecular weight excluding hydrogens is 313 g/mol. The molecule has 4 saturated carbocycles. The van der Waals surface area contributed by atoms with Crippen LogP contribution >= 0.6 is 23.2 Å². The van der Waals surface area contributed by atoms with Gasteiger partial charge in [-0.2, -0.15) is 0 Å². The van der Waals surface area contributed by atoms with E-state index < -0.39 is 0 Å². The van der Waals surface area contributed by atoms with E-state index in [4.69, 9.17) is 23.2 Å². The zero-order valence-electron chi connectivity index (χ0n) is 13.5. The van der Waals surface area contributed by atoms with Crippen LogP contribution in [0, 0.1) is 16.7 Å². The molecule has 1 aromatic rings. The minimum Gasteiger partial charge on any atom is -0.307 e. The Balaban J connectivity index is 1.54. The maximum Gasteiger partial charge on any atom is 0.0595 e. The van der Waals surface area contributed by atoms with Gasteiger partial charge in [0.05, 0.1) is 10.0 Å². The molecule has 22 heavy (non-hydrogen) atoms. The van der Waals surface area contributed by atoms with Crippen LogP contribution in [0.3, 0.4) is 0 Å². The molecule has 0 aliphatic heterocycles. The summed E-state index contributed by atoms with van der Waals surface area (Å²) in [7, 11) is 0. The van der Waals surface area contributed by atoms with E-state index in [1.54, 1.807) is 0 Å². The molecule has 2 atom stereocenters. The molecule has 1 N–H and O–H groups in total. The molecule has 120 valence electrons. The van der Waals surface area contributed by atoms with Gasteiger partial charge in [-0.15, -0.1) is 0 Å². The Labute approximate surface area is 143 Å². The predicted octanol–water partition coefficient (Wildman–Crippen LogP) is 5.83.